The lowest BCUT2D eigenvalue weighted by molar-refractivity contribution is 0.0905. The van der Waals surface area contributed by atoms with Crippen LogP contribution in [0.25, 0.3) is 11.8 Å². The van der Waals surface area contributed by atoms with Crippen LogP contribution < -0.4 is 9.88 Å². The van der Waals surface area contributed by atoms with Gasteiger partial charge in [-0.2, -0.15) is 5.10 Å². The van der Waals surface area contributed by atoms with Crippen LogP contribution in [-0.2, 0) is 15.4 Å². The molecule has 2 heterocycles. The molecule has 4 N–H and O–H groups in total. The first-order valence-corrected chi connectivity index (χ1v) is 12.1. The summed E-state index contributed by atoms with van der Waals surface area (Å²) in [5, 5.41) is 31.1. The van der Waals surface area contributed by atoms with Gasteiger partial charge in [-0.15, -0.1) is 0 Å². The van der Waals surface area contributed by atoms with E-state index in [1.165, 1.54) is 42.8 Å². The van der Waals surface area contributed by atoms with Crippen molar-refractivity contribution in [1.29, 1.82) is 0 Å². The van der Waals surface area contributed by atoms with Gasteiger partial charge in [0.1, 0.15) is 34.0 Å². The summed E-state index contributed by atoms with van der Waals surface area (Å²) >= 11 is 0. The van der Waals surface area contributed by atoms with Gasteiger partial charge in [-0.25, -0.2) is 18.2 Å². The summed E-state index contributed by atoms with van der Waals surface area (Å²) < 4.78 is 30.7. The Morgan fingerprint density at radius 1 is 1.14 bits per heavy atom. The minimum Gasteiger partial charge on any atom is -0.507 e. The number of fused-ring (bicyclic) bond motifs is 4. The number of benzene rings is 2. The second-order valence-electron chi connectivity index (χ2n) is 8.82. The Balaban J connectivity index is 1.74. The molecule has 10 nitrogen and oxygen atoms in total. The normalized spacial score (nSPS) is 18.4. The van der Waals surface area contributed by atoms with E-state index in [0.717, 1.165) is 0 Å². The Labute approximate surface area is 200 Å². The van der Waals surface area contributed by atoms with E-state index in [9.17, 15) is 28.2 Å². The minimum atomic E-state index is -3.88. The summed E-state index contributed by atoms with van der Waals surface area (Å²) in [6, 6.07) is 5.68. The summed E-state index contributed by atoms with van der Waals surface area (Å²) in [6.45, 7) is 5.97. The van der Waals surface area contributed by atoms with Gasteiger partial charge in [0.2, 0.25) is 10.0 Å². The summed E-state index contributed by atoms with van der Waals surface area (Å²) in [5.74, 6) is -1.50. The van der Waals surface area contributed by atoms with Crippen molar-refractivity contribution in [1.82, 2.24) is 9.78 Å². The smallest absolute Gasteiger partial charge is 0.238 e. The lowest BCUT2D eigenvalue weighted by atomic mass is 9.71. The number of hydrogen-bond donors (Lipinski definition) is 3. The molecule has 1 atom stereocenters. The number of Topliss-reactive ketones (excluding diaryl/α,β-unsaturated/α-hetero) is 2. The Kier molecular flexibility index (Phi) is 4.58. The number of nitrogens with zero attached hydrogens (tertiary/aromatic N) is 2. The Morgan fingerprint density at radius 3 is 2.34 bits per heavy atom. The molecule has 180 valence electrons. The fourth-order valence-electron chi connectivity index (χ4n) is 4.76. The van der Waals surface area contributed by atoms with E-state index in [1.807, 2.05) is 0 Å². The minimum absolute atomic E-state index is 0.0555. The second-order valence-corrected chi connectivity index (χ2v) is 10.4. The first kappa shape index (κ1) is 22.8. The highest BCUT2D eigenvalue weighted by Gasteiger charge is 2.55. The fourth-order valence-corrected chi connectivity index (χ4v) is 5.28. The number of sulfonamides is 1. The van der Waals surface area contributed by atoms with Crippen molar-refractivity contribution < 1.29 is 33.0 Å². The van der Waals surface area contributed by atoms with Crippen molar-refractivity contribution in [3.63, 3.8) is 0 Å². The van der Waals surface area contributed by atoms with Gasteiger partial charge in [0.15, 0.2) is 11.6 Å². The number of primary sulfonamides is 1. The number of phenolic OH excluding ortho intramolecular Hbond substituents is 2. The molecule has 1 aliphatic carbocycles. The number of ketones is 2. The number of carbonyl (C=O) groups excluding carboxylic acids is 2. The van der Waals surface area contributed by atoms with E-state index in [0.29, 0.717) is 17.1 Å². The highest BCUT2D eigenvalue weighted by molar-refractivity contribution is 7.89. The molecule has 0 bridgehead atoms. The highest BCUT2D eigenvalue weighted by Crippen LogP contribution is 2.58. The zero-order valence-corrected chi connectivity index (χ0v) is 20.0. The van der Waals surface area contributed by atoms with Crippen molar-refractivity contribution in [3.05, 3.63) is 63.7 Å². The molecule has 0 fully saturated rings. The summed E-state index contributed by atoms with van der Waals surface area (Å²) in [5.41, 5.74) is 0.189. The summed E-state index contributed by atoms with van der Waals surface area (Å²) in [6.07, 6.45) is 1.60. The number of rotatable bonds is 3. The maximum atomic E-state index is 13.9. The predicted molar refractivity (Wildman–Crippen MR) is 124 cm³/mol. The van der Waals surface area contributed by atoms with E-state index < -0.39 is 32.8 Å². The number of aromatic nitrogens is 2. The van der Waals surface area contributed by atoms with E-state index in [2.05, 4.69) is 5.10 Å². The van der Waals surface area contributed by atoms with Crippen molar-refractivity contribution in [2.24, 2.45) is 5.14 Å². The van der Waals surface area contributed by atoms with Gasteiger partial charge < -0.3 is 14.9 Å². The number of phenols is 2. The predicted octanol–water partition coefficient (Wildman–Crippen LogP) is 2.64. The van der Waals surface area contributed by atoms with Crippen LogP contribution in [0.1, 0.15) is 57.1 Å². The van der Waals surface area contributed by atoms with Crippen molar-refractivity contribution in [3.8, 4) is 22.9 Å². The van der Waals surface area contributed by atoms with Crippen molar-refractivity contribution in [2.75, 3.05) is 0 Å². The molecule has 3 aromatic rings. The zero-order chi connectivity index (χ0) is 25.6. The molecule has 0 radical (unpaired) electrons. The van der Waals surface area contributed by atoms with Crippen LogP contribution in [0, 0.1) is 13.8 Å². The molecule has 0 saturated heterocycles. The number of ether oxygens (including phenoxy) is 1. The van der Waals surface area contributed by atoms with E-state index in [4.69, 9.17) is 9.88 Å². The van der Waals surface area contributed by atoms with E-state index in [1.54, 1.807) is 19.9 Å². The molecular weight excluding hydrogens is 474 g/mol. The quantitative estimate of drug-likeness (QED) is 0.467. The zero-order valence-electron chi connectivity index (χ0n) is 19.2. The maximum Gasteiger partial charge on any atom is 0.238 e. The van der Waals surface area contributed by atoms with Gasteiger partial charge in [0, 0.05) is 11.6 Å². The monoisotopic (exact) mass is 495 g/mol. The van der Waals surface area contributed by atoms with Crippen LogP contribution in [0.4, 0.5) is 0 Å². The second kappa shape index (κ2) is 7.03. The highest BCUT2D eigenvalue weighted by atomic mass is 32.2. The molecule has 5 rings (SSSR count). The van der Waals surface area contributed by atoms with Gasteiger partial charge >= 0.3 is 0 Å². The topological polar surface area (TPSA) is 162 Å². The van der Waals surface area contributed by atoms with Crippen molar-refractivity contribution in [2.45, 2.75) is 38.0 Å². The molecule has 0 amide bonds. The first-order valence-electron chi connectivity index (χ1n) is 10.6. The van der Waals surface area contributed by atoms with E-state index >= 15 is 0 Å². The molecule has 35 heavy (non-hydrogen) atoms. The van der Waals surface area contributed by atoms with Crippen LogP contribution in [0.3, 0.4) is 0 Å². The Hall–Kier alpha value is -3.96. The van der Waals surface area contributed by atoms with Crippen LogP contribution in [0.15, 0.2) is 34.9 Å². The maximum absolute atomic E-state index is 13.9. The average molecular weight is 496 g/mol. The van der Waals surface area contributed by atoms with Gasteiger partial charge in [-0.3, -0.25) is 9.59 Å². The largest absolute Gasteiger partial charge is 0.507 e. The van der Waals surface area contributed by atoms with E-state index in [-0.39, 0.29) is 44.4 Å². The number of carbonyl (C=O) groups is 2. The fraction of sp³-hybridized carbons (Fsp3) is 0.208. The number of aryl methyl sites for hydroxylation is 1. The molecule has 0 spiro atoms. The Bertz CT molecular complexity index is 1630. The standard InChI is InChI=1S/C24H21N3O7S/c1-10-20(29)18(12(3)28)22-19(21(10)30)24(4)16(34-22)9-15-17(23(24)31)11(2)26-27(15)13-5-7-14(8-6-13)35(25,32)33/h5-9,29-30H,1-4H3,(H2,25,32,33)/t24-/m0/s1. The van der Waals surface area contributed by atoms with Gasteiger partial charge in [-0.05, 0) is 52.0 Å². The summed E-state index contributed by atoms with van der Waals surface area (Å²) in [4.78, 5) is 26.2. The lowest BCUT2D eigenvalue weighted by Crippen LogP contribution is -2.36. The molecule has 1 aliphatic heterocycles. The van der Waals surface area contributed by atoms with Crippen LogP contribution in [-0.4, -0.2) is 40.0 Å². The average Bonchev–Trinajstić information content (AvgIpc) is 3.26. The van der Waals surface area contributed by atoms with Gasteiger partial charge in [0.05, 0.1) is 33.1 Å². The lowest BCUT2D eigenvalue weighted by Gasteiger charge is -2.27. The third-order valence-electron chi connectivity index (χ3n) is 6.65. The third-order valence-corrected chi connectivity index (χ3v) is 7.58. The SMILES string of the molecule is CC(=O)c1c(O)c(C)c(O)c2c1OC1=Cc3c(c(C)nn3-c3ccc(S(N)(=O)=O)cc3)C(=O)[C@@]12C. The van der Waals surface area contributed by atoms with Crippen LogP contribution in [0.2, 0.25) is 0 Å². The molecule has 1 aromatic heterocycles. The van der Waals surface area contributed by atoms with Gasteiger partial charge in [0.25, 0.3) is 0 Å². The number of allylic oxidation sites excluding steroid dienone is 1. The molecule has 2 aromatic carbocycles. The molecule has 2 aliphatic rings. The third kappa shape index (κ3) is 2.91. The Morgan fingerprint density at radius 2 is 1.77 bits per heavy atom. The molecule has 0 unspecified atom stereocenters. The molecular formula is C24H21N3O7S. The summed E-state index contributed by atoms with van der Waals surface area (Å²) in [7, 11) is -3.88. The molecule has 11 heteroatoms. The number of aromatic hydroxyl groups is 2. The van der Waals surface area contributed by atoms with Crippen molar-refractivity contribution >= 4 is 27.7 Å². The van der Waals surface area contributed by atoms with Crippen LogP contribution in [0.5, 0.6) is 17.2 Å². The molecule has 0 saturated carbocycles. The number of hydrogen-bond acceptors (Lipinski definition) is 8. The van der Waals surface area contributed by atoms with Gasteiger partial charge in [-0.1, -0.05) is 0 Å². The first-order chi connectivity index (χ1) is 16.3. The number of nitrogens with two attached hydrogens (primary N) is 1. The van der Waals surface area contributed by atoms with Crippen LogP contribution >= 0.6 is 0 Å².